The second kappa shape index (κ2) is 8.47. The van der Waals surface area contributed by atoms with E-state index in [1.54, 1.807) is 21.3 Å². The highest BCUT2D eigenvalue weighted by Crippen LogP contribution is 2.39. The molecule has 1 aromatic rings. The molecule has 2 rings (SSSR count). The Hall–Kier alpha value is -2.15. The number of hydrogen-bond donors (Lipinski definition) is 1. The molecule has 0 unspecified atom stereocenters. The van der Waals surface area contributed by atoms with Crippen LogP contribution in [0.5, 0.6) is 17.2 Å². The van der Waals surface area contributed by atoms with Gasteiger partial charge in [0.25, 0.3) is 0 Å². The van der Waals surface area contributed by atoms with Crippen molar-refractivity contribution in [3.63, 3.8) is 0 Å². The van der Waals surface area contributed by atoms with Gasteiger partial charge in [-0.2, -0.15) is 0 Å². The number of nitrogens with one attached hydrogen (secondary N) is 1. The molecule has 0 aliphatic carbocycles. The topological polar surface area (TPSA) is 69.3 Å². The number of morpholine rings is 1. The largest absolute Gasteiger partial charge is 0.493 e. The molecule has 1 saturated heterocycles. The highest BCUT2D eigenvalue weighted by atomic mass is 16.5. The minimum absolute atomic E-state index is 0.133. The number of hydrogen-bond acceptors (Lipinski definition) is 6. The van der Waals surface area contributed by atoms with E-state index in [1.165, 1.54) is 0 Å². The fourth-order valence-corrected chi connectivity index (χ4v) is 2.47. The summed E-state index contributed by atoms with van der Waals surface area (Å²) in [7, 11) is 4.71. The summed E-state index contributed by atoms with van der Waals surface area (Å²) in [4.78, 5) is 13.9. The van der Waals surface area contributed by atoms with Crippen molar-refractivity contribution >= 4 is 11.6 Å². The van der Waals surface area contributed by atoms with E-state index in [4.69, 9.17) is 18.9 Å². The summed E-state index contributed by atoms with van der Waals surface area (Å²) in [5.41, 5.74) is 0.814. The number of benzene rings is 1. The third-order valence-electron chi connectivity index (χ3n) is 3.70. The van der Waals surface area contributed by atoms with Crippen molar-refractivity contribution in [1.82, 2.24) is 4.90 Å². The number of rotatable bonds is 7. The average molecular weight is 324 g/mol. The molecule has 1 heterocycles. The van der Waals surface area contributed by atoms with E-state index >= 15 is 0 Å². The number of carbonyl (C=O) groups excluding carboxylic acids is 1. The number of nitrogens with zero attached hydrogens (tertiary/aromatic N) is 1. The third kappa shape index (κ3) is 4.41. The predicted molar refractivity (Wildman–Crippen MR) is 86.6 cm³/mol. The summed E-state index contributed by atoms with van der Waals surface area (Å²) in [5.74, 6) is 1.83. The van der Waals surface area contributed by atoms with Gasteiger partial charge in [0, 0.05) is 43.9 Å². The molecule has 7 nitrogen and oxygen atoms in total. The van der Waals surface area contributed by atoms with Gasteiger partial charge < -0.3 is 29.2 Å². The minimum Gasteiger partial charge on any atom is -0.493 e. The van der Waals surface area contributed by atoms with E-state index in [2.05, 4.69) is 5.32 Å². The zero-order valence-corrected chi connectivity index (χ0v) is 13.9. The first-order valence-corrected chi connectivity index (χ1v) is 7.59. The molecule has 0 atom stereocenters. The third-order valence-corrected chi connectivity index (χ3v) is 3.70. The van der Waals surface area contributed by atoms with Crippen LogP contribution in [0.3, 0.4) is 0 Å². The number of ether oxygens (including phenoxy) is 4. The summed E-state index contributed by atoms with van der Waals surface area (Å²) in [6, 6.07) is 3.64. The van der Waals surface area contributed by atoms with E-state index in [0.29, 0.717) is 56.5 Å². The first-order chi connectivity index (χ1) is 11.2. The van der Waals surface area contributed by atoms with Crippen LogP contribution in [0, 0.1) is 0 Å². The lowest BCUT2D eigenvalue weighted by molar-refractivity contribution is -0.134. The van der Waals surface area contributed by atoms with Crippen molar-refractivity contribution < 1.29 is 23.7 Å². The van der Waals surface area contributed by atoms with Gasteiger partial charge in [-0.1, -0.05) is 0 Å². The molecule has 1 aliphatic rings. The van der Waals surface area contributed by atoms with Crippen molar-refractivity contribution in [2.75, 3.05) is 59.5 Å². The van der Waals surface area contributed by atoms with E-state index in [-0.39, 0.29) is 5.91 Å². The fraction of sp³-hybridized carbons (Fsp3) is 0.562. The summed E-state index contributed by atoms with van der Waals surface area (Å²) in [6.07, 6.45) is 0.427. The molecular weight excluding hydrogens is 300 g/mol. The van der Waals surface area contributed by atoms with Crippen molar-refractivity contribution in [3.05, 3.63) is 12.1 Å². The summed E-state index contributed by atoms with van der Waals surface area (Å²) < 4.78 is 21.1. The van der Waals surface area contributed by atoms with Crippen LogP contribution in [0.2, 0.25) is 0 Å². The van der Waals surface area contributed by atoms with Gasteiger partial charge in [0.1, 0.15) is 0 Å². The smallest absolute Gasteiger partial charge is 0.224 e. The van der Waals surface area contributed by atoms with Crippen LogP contribution >= 0.6 is 0 Å². The maximum absolute atomic E-state index is 12.1. The minimum atomic E-state index is 0.133. The Kier molecular flexibility index (Phi) is 6.34. The quantitative estimate of drug-likeness (QED) is 0.817. The van der Waals surface area contributed by atoms with Crippen LogP contribution in [0.1, 0.15) is 6.42 Å². The molecule has 1 amide bonds. The Bertz CT molecular complexity index is 504. The highest BCUT2D eigenvalue weighted by molar-refractivity contribution is 5.77. The van der Waals surface area contributed by atoms with Crippen molar-refractivity contribution in [2.45, 2.75) is 6.42 Å². The SMILES string of the molecule is COc1cc(NCCC(=O)N2CCOCC2)cc(OC)c1OC. The Balaban J connectivity index is 1.93. The number of methoxy groups -OCH3 is 3. The lowest BCUT2D eigenvalue weighted by Gasteiger charge is -2.27. The number of carbonyl (C=O) groups is 1. The molecule has 0 aromatic heterocycles. The first-order valence-electron chi connectivity index (χ1n) is 7.59. The zero-order chi connectivity index (χ0) is 16.7. The van der Waals surface area contributed by atoms with Crippen LogP contribution in [-0.2, 0) is 9.53 Å². The Labute approximate surface area is 136 Å². The van der Waals surface area contributed by atoms with Crippen LogP contribution in [0.4, 0.5) is 5.69 Å². The van der Waals surface area contributed by atoms with E-state index in [9.17, 15) is 4.79 Å². The summed E-state index contributed by atoms with van der Waals surface area (Å²) in [6.45, 7) is 3.11. The number of anilines is 1. The van der Waals surface area contributed by atoms with Gasteiger partial charge in [-0.25, -0.2) is 0 Å². The van der Waals surface area contributed by atoms with E-state index < -0.39 is 0 Å². The molecule has 23 heavy (non-hydrogen) atoms. The van der Waals surface area contributed by atoms with E-state index in [1.807, 2.05) is 17.0 Å². The van der Waals surface area contributed by atoms with Crippen molar-refractivity contribution in [2.24, 2.45) is 0 Å². The lowest BCUT2D eigenvalue weighted by Crippen LogP contribution is -2.41. The molecule has 0 bridgehead atoms. The fourth-order valence-electron chi connectivity index (χ4n) is 2.47. The lowest BCUT2D eigenvalue weighted by atomic mass is 10.2. The summed E-state index contributed by atoms with van der Waals surface area (Å²) in [5, 5.41) is 3.22. The van der Waals surface area contributed by atoms with Crippen LogP contribution in [0.25, 0.3) is 0 Å². The molecular formula is C16H24N2O5. The molecule has 1 aliphatic heterocycles. The van der Waals surface area contributed by atoms with Gasteiger partial charge in [0.05, 0.1) is 34.5 Å². The van der Waals surface area contributed by atoms with Crippen molar-refractivity contribution in [3.8, 4) is 17.2 Å². The maximum Gasteiger partial charge on any atom is 0.224 e. The molecule has 7 heteroatoms. The Morgan fingerprint density at radius 1 is 1.13 bits per heavy atom. The molecule has 0 saturated carbocycles. The Morgan fingerprint density at radius 3 is 2.26 bits per heavy atom. The van der Waals surface area contributed by atoms with E-state index in [0.717, 1.165) is 5.69 Å². The summed E-state index contributed by atoms with van der Waals surface area (Å²) >= 11 is 0. The van der Waals surface area contributed by atoms with Gasteiger partial charge in [-0.05, 0) is 0 Å². The van der Waals surface area contributed by atoms with Gasteiger partial charge in [0.15, 0.2) is 11.5 Å². The van der Waals surface area contributed by atoms with Gasteiger partial charge >= 0.3 is 0 Å². The van der Waals surface area contributed by atoms with Crippen LogP contribution in [0.15, 0.2) is 12.1 Å². The average Bonchev–Trinajstić information content (AvgIpc) is 2.61. The number of amides is 1. The molecule has 0 spiro atoms. The zero-order valence-electron chi connectivity index (χ0n) is 13.9. The highest BCUT2D eigenvalue weighted by Gasteiger charge is 2.17. The molecule has 0 radical (unpaired) electrons. The molecule has 128 valence electrons. The monoisotopic (exact) mass is 324 g/mol. The molecule has 1 fully saturated rings. The van der Waals surface area contributed by atoms with Crippen LogP contribution < -0.4 is 19.5 Å². The first kappa shape index (κ1) is 17.2. The van der Waals surface area contributed by atoms with Gasteiger partial charge in [-0.3, -0.25) is 4.79 Å². The second-order valence-corrected chi connectivity index (χ2v) is 5.08. The molecule has 1 N–H and O–H groups in total. The van der Waals surface area contributed by atoms with Gasteiger partial charge in [-0.15, -0.1) is 0 Å². The standard InChI is InChI=1S/C16H24N2O5/c1-20-13-10-12(11-14(21-2)16(13)22-3)17-5-4-15(19)18-6-8-23-9-7-18/h10-11,17H,4-9H2,1-3H3. The second-order valence-electron chi connectivity index (χ2n) is 5.08. The Morgan fingerprint density at radius 2 is 1.74 bits per heavy atom. The normalized spacial score (nSPS) is 14.3. The van der Waals surface area contributed by atoms with Gasteiger partial charge in [0.2, 0.25) is 11.7 Å². The molecule has 1 aromatic carbocycles. The maximum atomic E-state index is 12.1. The van der Waals surface area contributed by atoms with Crippen molar-refractivity contribution in [1.29, 1.82) is 0 Å². The van der Waals surface area contributed by atoms with Crippen LogP contribution in [-0.4, -0.2) is 65.0 Å². The predicted octanol–water partition coefficient (Wildman–Crippen LogP) is 1.37.